The van der Waals surface area contributed by atoms with Gasteiger partial charge in [-0.1, -0.05) is 63.4 Å². The van der Waals surface area contributed by atoms with Gasteiger partial charge in [-0.25, -0.2) is 4.98 Å². The molecule has 9 heteroatoms. The average Bonchev–Trinajstić information content (AvgIpc) is 3.22. The summed E-state index contributed by atoms with van der Waals surface area (Å²) in [5, 5.41) is 5.15. The number of esters is 1. The van der Waals surface area contributed by atoms with Crippen LogP contribution in [0.5, 0.6) is 0 Å². The molecular weight excluding hydrogens is 479 g/mol. The second-order valence-electron chi connectivity index (χ2n) is 7.40. The van der Waals surface area contributed by atoms with E-state index < -0.39 is 0 Å². The highest BCUT2D eigenvalue weighted by molar-refractivity contribution is 7.16. The Labute approximate surface area is 213 Å². The van der Waals surface area contributed by atoms with Crippen LogP contribution in [-0.2, 0) is 16.0 Å². The highest BCUT2D eigenvalue weighted by atomic mass is 35.5. The number of nitrogens with zero attached hydrogens (tertiary/aromatic N) is 1. The van der Waals surface area contributed by atoms with Gasteiger partial charge in [0.15, 0.2) is 5.13 Å². The van der Waals surface area contributed by atoms with Gasteiger partial charge in [-0.15, -0.1) is 11.3 Å². The minimum atomic E-state index is -0.225. The summed E-state index contributed by atoms with van der Waals surface area (Å²) in [5.74, 6) is 0.0551. The molecule has 1 aromatic heterocycles. The molecule has 1 heterocycles. The Kier molecular flexibility index (Phi) is 17.3. The molecule has 0 aliphatic heterocycles. The zero-order chi connectivity index (χ0) is 25.4. The predicted octanol–water partition coefficient (Wildman–Crippen LogP) is 6.25. The first kappa shape index (κ1) is 31.6. The fraction of sp³-hybridized carbons (Fsp3) is 0.583. The molecule has 0 aliphatic rings. The topological polar surface area (TPSA) is 103 Å². The molecule has 5 N–H and O–H groups in total. The Bertz CT molecular complexity index is 816. The normalized spacial score (nSPS) is 11.1. The minimum Gasteiger partial charge on any atom is -0.469 e. The number of methoxy groups -OCH3 is 1. The van der Waals surface area contributed by atoms with Gasteiger partial charge in [0.05, 0.1) is 28.8 Å². The van der Waals surface area contributed by atoms with E-state index in [0.29, 0.717) is 29.1 Å². The van der Waals surface area contributed by atoms with E-state index in [1.54, 1.807) is 17.4 Å². The van der Waals surface area contributed by atoms with Crippen LogP contribution in [0.4, 0.5) is 5.13 Å². The van der Waals surface area contributed by atoms with Crippen molar-refractivity contribution >= 4 is 45.6 Å². The number of rotatable bonds is 11. The van der Waals surface area contributed by atoms with Crippen molar-refractivity contribution in [3.05, 3.63) is 33.1 Å². The molecule has 0 fully saturated rings. The highest BCUT2D eigenvalue weighted by Crippen LogP contribution is 2.35. The number of thiazole rings is 1. The lowest BCUT2D eigenvalue weighted by Crippen LogP contribution is -2.24. The van der Waals surface area contributed by atoms with Crippen LogP contribution in [0.15, 0.2) is 18.2 Å². The van der Waals surface area contributed by atoms with Gasteiger partial charge < -0.3 is 21.5 Å². The Morgan fingerprint density at radius 1 is 1.18 bits per heavy atom. The predicted molar refractivity (Wildman–Crippen MR) is 144 cm³/mol. The van der Waals surface area contributed by atoms with Crippen LogP contribution in [0.1, 0.15) is 51.8 Å². The van der Waals surface area contributed by atoms with Gasteiger partial charge in [-0.05, 0) is 50.9 Å². The van der Waals surface area contributed by atoms with E-state index in [0.717, 1.165) is 42.1 Å². The molecule has 0 aliphatic carbocycles. The largest absolute Gasteiger partial charge is 0.469 e. The zero-order valence-corrected chi connectivity index (χ0v) is 23.0. The molecule has 0 saturated heterocycles. The van der Waals surface area contributed by atoms with Crippen LogP contribution in [0.2, 0.25) is 10.0 Å². The number of anilines is 1. The lowest BCUT2D eigenvalue weighted by Gasteiger charge is -2.14. The first-order chi connectivity index (χ1) is 15.8. The smallest absolute Gasteiger partial charge is 0.310 e. The minimum absolute atomic E-state index is 0.210. The zero-order valence-electron chi connectivity index (χ0n) is 20.7. The van der Waals surface area contributed by atoms with Gasteiger partial charge >= 0.3 is 5.97 Å². The fourth-order valence-electron chi connectivity index (χ4n) is 3.02. The van der Waals surface area contributed by atoms with E-state index >= 15 is 0 Å². The number of benzene rings is 1. The van der Waals surface area contributed by atoms with Gasteiger partial charge in [-0.2, -0.15) is 0 Å². The maximum Gasteiger partial charge on any atom is 0.310 e. The van der Waals surface area contributed by atoms with Crippen LogP contribution in [0, 0.1) is 11.8 Å². The monoisotopic (exact) mass is 518 g/mol. The van der Waals surface area contributed by atoms with Crippen molar-refractivity contribution < 1.29 is 9.53 Å². The summed E-state index contributed by atoms with van der Waals surface area (Å²) in [6.45, 7) is 9.46. The van der Waals surface area contributed by atoms with Crippen molar-refractivity contribution in [2.75, 3.05) is 32.6 Å². The second kappa shape index (κ2) is 18.0. The third kappa shape index (κ3) is 11.1. The van der Waals surface area contributed by atoms with Gasteiger partial charge in [0.25, 0.3) is 0 Å². The fourth-order valence-corrected chi connectivity index (χ4v) is 4.52. The molecule has 2 rings (SSSR count). The standard InChI is InChI=1S/C21H29Cl2N3O2S.C2H6.CH5N/c1-13(2)10-18-19(14-7-8-16(22)17(23)11-14)26-21(29-18)25-12-15(20(27)28-3)6-4-5-9-24;2*1-2/h7-8,11,13,15H,4-6,9-10,12,24H2,1-3H3,(H,25,26);1-2H3;2H2,1H3. The SMILES string of the molecule is CC.CN.COC(=O)C(CCCCN)CNc1nc(-c2ccc(Cl)c(Cl)c2)c(CC(C)C)s1. The maximum absolute atomic E-state index is 12.1. The third-order valence-corrected chi connectivity index (χ3v) is 6.30. The summed E-state index contributed by atoms with van der Waals surface area (Å²) in [7, 11) is 2.92. The van der Waals surface area contributed by atoms with Crippen molar-refractivity contribution in [1.82, 2.24) is 4.98 Å². The van der Waals surface area contributed by atoms with Gasteiger partial charge in [-0.3, -0.25) is 4.79 Å². The summed E-state index contributed by atoms with van der Waals surface area (Å²) >= 11 is 13.9. The molecule has 0 amide bonds. The number of hydrogen-bond acceptors (Lipinski definition) is 7. The first-order valence-electron chi connectivity index (χ1n) is 11.4. The molecule has 6 nitrogen and oxygen atoms in total. The molecule has 33 heavy (non-hydrogen) atoms. The van der Waals surface area contributed by atoms with Crippen LogP contribution >= 0.6 is 34.5 Å². The summed E-state index contributed by atoms with van der Waals surface area (Å²) in [5.41, 5.74) is 11.9. The number of ether oxygens (including phenoxy) is 1. The van der Waals surface area contributed by atoms with Gasteiger partial charge in [0, 0.05) is 17.0 Å². The van der Waals surface area contributed by atoms with Crippen molar-refractivity contribution in [3.8, 4) is 11.3 Å². The number of nitrogens with two attached hydrogens (primary N) is 2. The van der Waals surface area contributed by atoms with Gasteiger partial charge in [0.2, 0.25) is 0 Å². The number of halogens is 2. The lowest BCUT2D eigenvalue weighted by molar-refractivity contribution is -0.145. The highest BCUT2D eigenvalue weighted by Gasteiger charge is 2.20. The molecule has 1 unspecified atom stereocenters. The Hall–Kier alpha value is -1.38. The summed E-state index contributed by atoms with van der Waals surface area (Å²) in [6.07, 6.45) is 3.43. The van der Waals surface area contributed by atoms with Crippen molar-refractivity contribution in [1.29, 1.82) is 0 Å². The van der Waals surface area contributed by atoms with E-state index in [9.17, 15) is 4.79 Å². The molecule has 188 valence electrons. The average molecular weight is 520 g/mol. The van der Waals surface area contributed by atoms with Gasteiger partial charge in [0.1, 0.15) is 0 Å². The Balaban J connectivity index is 0.00000242. The molecule has 0 radical (unpaired) electrons. The quantitative estimate of drug-likeness (QED) is 0.240. The Morgan fingerprint density at radius 3 is 2.39 bits per heavy atom. The van der Waals surface area contributed by atoms with Crippen molar-refractivity contribution in [3.63, 3.8) is 0 Å². The van der Waals surface area contributed by atoms with Crippen LogP contribution in [0.3, 0.4) is 0 Å². The maximum atomic E-state index is 12.1. The molecule has 0 bridgehead atoms. The summed E-state index contributed by atoms with van der Waals surface area (Å²) in [6, 6.07) is 5.56. The molecular formula is C24H40Cl2N4O2S. The number of unbranched alkanes of at least 4 members (excludes halogenated alkanes) is 1. The molecule has 0 saturated carbocycles. The number of carbonyl (C=O) groups excluding carboxylic acids is 1. The van der Waals surface area contributed by atoms with E-state index in [2.05, 4.69) is 24.9 Å². The molecule has 1 atom stereocenters. The van der Waals surface area contributed by atoms with E-state index in [-0.39, 0.29) is 11.9 Å². The van der Waals surface area contributed by atoms with E-state index in [4.69, 9.17) is 38.7 Å². The van der Waals surface area contributed by atoms with Crippen molar-refractivity contribution in [2.45, 2.75) is 53.4 Å². The van der Waals surface area contributed by atoms with E-state index in [1.807, 2.05) is 26.0 Å². The number of carbonyl (C=O) groups is 1. The van der Waals surface area contributed by atoms with Crippen LogP contribution < -0.4 is 16.8 Å². The van der Waals surface area contributed by atoms with Crippen molar-refractivity contribution in [2.24, 2.45) is 23.3 Å². The number of aromatic nitrogens is 1. The number of hydrogen-bond donors (Lipinski definition) is 3. The van der Waals surface area contributed by atoms with Crippen LogP contribution in [0.25, 0.3) is 11.3 Å². The summed E-state index contributed by atoms with van der Waals surface area (Å²) < 4.78 is 4.95. The summed E-state index contributed by atoms with van der Waals surface area (Å²) in [4.78, 5) is 18.1. The van der Waals surface area contributed by atoms with Crippen LogP contribution in [-0.4, -0.2) is 38.2 Å². The third-order valence-electron chi connectivity index (χ3n) is 4.52. The molecule has 0 spiro atoms. The lowest BCUT2D eigenvalue weighted by atomic mass is 10.0. The van der Waals surface area contributed by atoms with E-state index in [1.165, 1.54) is 19.0 Å². The first-order valence-corrected chi connectivity index (χ1v) is 13.0. The molecule has 2 aromatic rings. The Morgan fingerprint density at radius 2 is 1.85 bits per heavy atom. The molecule has 1 aromatic carbocycles. The second-order valence-corrected chi connectivity index (χ2v) is 9.30. The number of nitrogens with one attached hydrogen (secondary N) is 1.